The number of aliphatic carboxylic acids is 1. The second kappa shape index (κ2) is 4.52. The summed E-state index contributed by atoms with van der Waals surface area (Å²) in [6, 6.07) is 0.948. The molecule has 0 bridgehead atoms. The fourth-order valence-electron chi connectivity index (χ4n) is 0.980. The summed E-state index contributed by atoms with van der Waals surface area (Å²) in [5.74, 6) is -1.35. The van der Waals surface area contributed by atoms with Crippen LogP contribution in [-0.2, 0) is 11.0 Å². The maximum Gasteiger partial charge on any atom is 0.418 e. The van der Waals surface area contributed by atoms with Crippen molar-refractivity contribution in [1.29, 1.82) is 0 Å². The minimum Gasteiger partial charge on any atom is -0.478 e. The van der Waals surface area contributed by atoms with Gasteiger partial charge in [0.15, 0.2) is 0 Å². The zero-order valence-electron chi connectivity index (χ0n) is 7.62. The van der Waals surface area contributed by atoms with Crippen molar-refractivity contribution < 1.29 is 23.1 Å². The molecule has 0 unspecified atom stereocenters. The van der Waals surface area contributed by atoms with E-state index < -0.39 is 17.7 Å². The molecule has 0 amide bonds. The third kappa shape index (κ3) is 3.23. The van der Waals surface area contributed by atoms with Crippen molar-refractivity contribution in [1.82, 2.24) is 4.98 Å². The number of rotatable bonds is 2. The average Bonchev–Trinajstić information content (AvgIpc) is 2.12. The van der Waals surface area contributed by atoms with Crippen LogP contribution in [0.3, 0.4) is 0 Å². The van der Waals surface area contributed by atoms with E-state index in [-0.39, 0.29) is 10.7 Å². The van der Waals surface area contributed by atoms with Crippen LogP contribution in [0.5, 0.6) is 0 Å². The molecule has 7 heteroatoms. The summed E-state index contributed by atoms with van der Waals surface area (Å²) < 4.78 is 37.3. The smallest absolute Gasteiger partial charge is 0.418 e. The molecule has 0 aromatic carbocycles. The van der Waals surface area contributed by atoms with Gasteiger partial charge in [0, 0.05) is 12.3 Å². The summed E-state index contributed by atoms with van der Waals surface area (Å²) in [5, 5.41) is 8.18. The fourth-order valence-corrected chi connectivity index (χ4v) is 1.15. The molecular weight excluding hydrogens is 247 g/mol. The van der Waals surface area contributed by atoms with E-state index in [0.717, 1.165) is 12.1 Å². The molecule has 0 fully saturated rings. The van der Waals surface area contributed by atoms with Gasteiger partial charge in [-0.05, 0) is 17.7 Å². The minimum atomic E-state index is -4.60. The lowest BCUT2D eigenvalue weighted by Gasteiger charge is -2.09. The van der Waals surface area contributed by atoms with Crippen molar-refractivity contribution in [2.45, 2.75) is 6.18 Å². The molecule has 0 saturated carbocycles. The molecule has 0 aliphatic carbocycles. The van der Waals surface area contributed by atoms with Crippen LogP contribution in [0.4, 0.5) is 13.2 Å². The Hall–Kier alpha value is -1.56. The number of halogens is 4. The van der Waals surface area contributed by atoms with Gasteiger partial charge in [0.25, 0.3) is 0 Å². The number of nitrogens with zero attached hydrogens (tertiary/aromatic N) is 1. The van der Waals surface area contributed by atoms with Crippen LogP contribution in [0, 0.1) is 0 Å². The molecule has 3 nitrogen and oxygen atoms in total. The number of alkyl halides is 3. The van der Waals surface area contributed by atoms with Crippen LogP contribution in [0.1, 0.15) is 11.1 Å². The average molecular weight is 252 g/mol. The first-order valence-electron chi connectivity index (χ1n) is 3.94. The van der Waals surface area contributed by atoms with Crippen molar-refractivity contribution in [3.8, 4) is 0 Å². The van der Waals surface area contributed by atoms with Gasteiger partial charge in [-0.25, -0.2) is 9.78 Å². The van der Waals surface area contributed by atoms with Gasteiger partial charge >= 0.3 is 12.1 Å². The normalized spacial score (nSPS) is 12.0. The topological polar surface area (TPSA) is 50.2 Å². The Labute approximate surface area is 93.2 Å². The third-order valence-electron chi connectivity index (χ3n) is 1.61. The van der Waals surface area contributed by atoms with Crippen molar-refractivity contribution in [2.75, 3.05) is 0 Å². The van der Waals surface area contributed by atoms with Gasteiger partial charge < -0.3 is 5.11 Å². The lowest BCUT2D eigenvalue weighted by atomic mass is 10.1. The van der Waals surface area contributed by atoms with E-state index in [1.807, 2.05) is 0 Å². The Morgan fingerprint density at radius 2 is 2.12 bits per heavy atom. The van der Waals surface area contributed by atoms with E-state index in [4.69, 9.17) is 16.7 Å². The predicted octanol–water partition coefficient (Wildman–Crippen LogP) is 2.85. The third-order valence-corrected chi connectivity index (χ3v) is 1.82. The SMILES string of the molecule is O=C(O)C=Cc1cc(Cl)ncc1C(F)(F)F. The first-order valence-corrected chi connectivity index (χ1v) is 4.32. The van der Waals surface area contributed by atoms with E-state index in [0.29, 0.717) is 12.3 Å². The zero-order valence-corrected chi connectivity index (χ0v) is 8.38. The molecule has 1 N–H and O–H groups in total. The van der Waals surface area contributed by atoms with E-state index in [1.54, 1.807) is 0 Å². The van der Waals surface area contributed by atoms with Gasteiger partial charge in [-0.3, -0.25) is 0 Å². The van der Waals surface area contributed by atoms with Gasteiger partial charge in [-0.2, -0.15) is 13.2 Å². The Morgan fingerprint density at radius 1 is 1.50 bits per heavy atom. The highest BCUT2D eigenvalue weighted by molar-refractivity contribution is 6.29. The summed E-state index contributed by atoms with van der Waals surface area (Å²) in [4.78, 5) is 13.5. The molecule has 0 aliphatic rings. The minimum absolute atomic E-state index is 0.141. The molecule has 0 saturated heterocycles. The second-order valence-corrected chi connectivity index (χ2v) is 3.15. The van der Waals surface area contributed by atoms with Crippen molar-refractivity contribution in [3.63, 3.8) is 0 Å². The number of carbonyl (C=O) groups is 1. The van der Waals surface area contributed by atoms with E-state index >= 15 is 0 Å². The number of aromatic nitrogens is 1. The Balaban J connectivity index is 3.24. The van der Waals surface area contributed by atoms with E-state index in [1.165, 1.54) is 0 Å². The summed E-state index contributed by atoms with van der Waals surface area (Å²) in [7, 11) is 0. The first-order chi connectivity index (χ1) is 7.30. The first kappa shape index (κ1) is 12.5. The molecule has 16 heavy (non-hydrogen) atoms. The monoisotopic (exact) mass is 251 g/mol. The van der Waals surface area contributed by atoms with Crippen molar-refractivity contribution in [2.24, 2.45) is 0 Å². The molecule has 86 valence electrons. The highest BCUT2D eigenvalue weighted by Gasteiger charge is 2.33. The van der Waals surface area contributed by atoms with Gasteiger partial charge in [-0.1, -0.05) is 11.6 Å². The molecule has 0 aliphatic heterocycles. The number of carboxylic acids is 1. The summed E-state index contributed by atoms with van der Waals surface area (Å²) in [5.41, 5.74) is -1.37. The quantitative estimate of drug-likeness (QED) is 0.649. The Morgan fingerprint density at radius 3 is 2.62 bits per heavy atom. The van der Waals surface area contributed by atoms with Crippen LogP contribution < -0.4 is 0 Å². The lowest BCUT2D eigenvalue weighted by molar-refractivity contribution is -0.138. The van der Waals surface area contributed by atoms with Gasteiger partial charge in [0.05, 0.1) is 5.56 Å². The fraction of sp³-hybridized carbons (Fsp3) is 0.111. The maximum atomic E-state index is 12.4. The van der Waals surface area contributed by atoms with E-state index in [2.05, 4.69) is 4.98 Å². The molecule has 1 aromatic rings. The molecule has 0 spiro atoms. The van der Waals surface area contributed by atoms with Gasteiger partial charge in [0.2, 0.25) is 0 Å². The highest BCUT2D eigenvalue weighted by atomic mass is 35.5. The Bertz CT molecular complexity index is 443. The number of hydrogen-bond donors (Lipinski definition) is 1. The number of pyridine rings is 1. The van der Waals surface area contributed by atoms with Crippen LogP contribution in [-0.4, -0.2) is 16.1 Å². The lowest BCUT2D eigenvalue weighted by Crippen LogP contribution is -2.08. The van der Waals surface area contributed by atoms with E-state index in [9.17, 15) is 18.0 Å². The molecule has 1 heterocycles. The maximum absolute atomic E-state index is 12.4. The largest absolute Gasteiger partial charge is 0.478 e. The summed E-state index contributed by atoms with van der Waals surface area (Å²) in [6.45, 7) is 0. The molecule has 0 atom stereocenters. The number of hydrogen-bond acceptors (Lipinski definition) is 2. The Kier molecular flexibility index (Phi) is 3.54. The van der Waals surface area contributed by atoms with Gasteiger partial charge in [0.1, 0.15) is 5.15 Å². The molecule has 1 rings (SSSR count). The molecule has 1 aromatic heterocycles. The summed E-state index contributed by atoms with van der Waals surface area (Å²) >= 11 is 5.42. The summed E-state index contributed by atoms with van der Waals surface area (Å²) in [6.07, 6.45) is -2.63. The molecular formula is C9H5ClF3NO2. The van der Waals surface area contributed by atoms with Crippen LogP contribution in [0.25, 0.3) is 6.08 Å². The second-order valence-electron chi connectivity index (χ2n) is 2.76. The van der Waals surface area contributed by atoms with Crippen molar-refractivity contribution >= 4 is 23.6 Å². The van der Waals surface area contributed by atoms with Crippen molar-refractivity contribution in [3.05, 3.63) is 34.6 Å². The van der Waals surface area contributed by atoms with Crippen LogP contribution >= 0.6 is 11.6 Å². The van der Waals surface area contributed by atoms with Gasteiger partial charge in [-0.15, -0.1) is 0 Å². The highest BCUT2D eigenvalue weighted by Crippen LogP contribution is 2.32. The standard InChI is InChI=1S/C9H5ClF3NO2/c10-7-3-5(1-2-8(15)16)6(4-14-7)9(11,12)13/h1-4H,(H,15,16). The zero-order chi connectivity index (χ0) is 12.3. The number of carboxylic acid groups (broad SMARTS) is 1. The van der Waals surface area contributed by atoms with Crippen LogP contribution in [0.15, 0.2) is 18.3 Å². The van der Waals surface area contributed by atoms with Crippen LogP contribution in [0.2, 0.25) is 5.15 Å². The molecule has 0 radical (unpaired) electrons. The predicted molar refractivity (Wildman–Crippen MR) is 50.9 cm³/mol.